The zero-order valence-corrected chi connectivity index (χ0v) is 11.7. The lowest BCUT2D eigenvalue weighted by Crippen LogP contribution is -2.20. The average Bonchev–Trinajstić information content (AvgIpc) is 3.12. The largest absolute Gasteiger partial charge is 0.490 e. The number of carbonyl (C=O) groups is 1. The molecular weight excluding hydrogens is 262 g/mol. The molecule has 5 heteroatoms. The van der Waals surface area contributed by atoms with Gasteiger partial charge in [-0.3, -0.25) is 4.79 Å². The molecule has 4 nitrogen and oxygen atoms in total. The molecule has 19 heavy (non-hydrogen) atoms. The van der Waals surface area contributed by atoms with Crippen LogP contribution in [0.15, 0.2) is 24.3 Å². The standard InChI is InChI=1S/C14H15NO3S/c1-15(2)14(16)13-6-10-11(18-8-9-7-17-9)4-3-5-12(10)19-13/h3-6,9H,7-8H2,1-2H3/t9-/m0/s1. The molecular formula is C14H15NO3S. The molecule has 0 unspecified atom stereocenters. The molecule has 1 aromatic heterocycles. The molecule has 100 valence electrons. The average molecular weight is 277 g/mol. The molecule has 0 saturated carbocycles. The molecule has 0 radical (unpaired) electrons. The van der Waals surface area contributed by atoms with Crippen LogP contribution in [0.5, 0.6) is 5.75 Å². The van der Waals surface area contributed by atoms with Crippen molar-refractivity contribution < 1.29 is 14.3 Å². The molecule has 2 aromatic rings. The van der Waals surface area contributed by atoms with E-state index in [-0.39, 0.29) is 12.0 Å². The van der Waals surface area contributed by atoms with Gasteiger partial charge in [0.05, 0.1) is 11.5 Å². The summed E-state index contributed by atoms with van der Waals surface area (Å²) >= 11 is 1.50. The molecule has 0 spiro atoms. The summed E-state index contributed by atoms with van der Waals surface area (Å²) in [7, 11) is 3.52. The minimum Gasteiger partial charge on any atom is -0.490 e. The fraction of sp³-hybridized carbons (Fsp3) is 0.357. The van der Waals surface area contributed by atoms with Crippen molar-refractivity contribution >= 4 is 27.3 Å². The van der Waals surface area contributed by atoms with Gasteiger partial charge in [-0.05, 0) is 18.2 Å². The van der Waals surface area contributed by atoms with Gasteiger partial charge in [0.25, 0.3) is 5.91 Å². The van der Waals surface area contributed by atoms with Crippen molar-refractivity contribution in [2.75, 3.05) is 27.3 Å². The number of benzene rings is 1. The maximum absolute atomic E-state index is 12.0. The fourth-order valence-electron chi connectivity index (χ4n) is 1.83. The van der Waals surface area contributed by atoms with Crippen LogP contribution in [-0.4, -0.2) is 44.2 Å². The Kier molecular flexibility index (Phi) is 3.16. The normalized spacial score (nSPS) is 17.5. The maximum atomic E-state index is 12.0. The maximum Gasteiger partial charge on any atom is 0.263 e. The summed E-state index contributed by atoms with van der Waals surface area (Å²) in [5.74, 6) is 0.847. The summed E-state index contributed by atoms with van der Waals surface area (Å²) < 4.78 is 12.0. The Morgan fingerprint density at radius 2 is 2.32 bits per heavy atom. The quantitative estimate of drug-likeness (QED) is 0.806. The topological polar surface area (TPSA) is 42.1 Å². The first-order valence-electron chi connectivity index (χ1n) is 6.14. The van der Waals surface area contributed by atoms with E-state index in [9.17, 15) is 4.79 Å². The Labute approximate surface area is 115 Å². The van der Waals surface area contributed by atoms with Crippen molar-refractivity contribution in [3.05, 3.63) is 29.1 Å². The van der Waals surface area contributed by atoms with Gasteiger partial charge in [-0.1, -0.05) is 6.07 Å². The molecule has 1 aliphatic heterocycles. The third-order valence-electron chi connectivity index (χ3n) is 2.97. The molecule has 1 saturated heterocycles. The number of thiophene rings is 1. The molecule has 1 aliphatic rings. The van der Waals surface area contributed by atoms with Gasteiger partial charge in [-0.25, -0.2) is 0 Å². The number of hydrogen-bond donors (Lipinski definition) is 0. The number of ether oxygens (including phenoxy) is 2. The van der Waals surface area contributed by atoms with Gasteiger partial charge < -0.3 is 14.4 Å². The summed E-state index contributed by atoms with van der Waals surface area (Å²) in [4.78, 5) is 14.3. The van der Waals surface area contributed by atoms with Crippen molar-refractivity contribution in [1.82, 2.24) is 4.90 Å². The van der Waals surface area contributed by atoms with E-state index in [2.05, 4.69) is 0 Å². The van der Waals surface area contributed by atoms with E-state index in [0.29, 0.717) is 6.61 Å². The van der Waals surface area contributed by atoms with Gasteiger partial charge in [-0.15, -0.1) is 11.3 Å². The SMILES string of the molecule is CN(C)C(=O)c1cc2c(OC[C@@H]3CO3)cccc2s1. The summed E-state index contributed by atoms with van der Waals surface area (Å²) in [6.07, 6.45) is 0.233. The van der Waals surface area contributed by atoms with E-state index in [1.807, 2.05) is 24.3 Å². The number of amides is 1. The molecule has 0 aliphatic carbocycles. The molecule has 1 amide bonds. The Balaban J connectivity index is 1.92. The van der Waals surface area contributed by atoms with Gasteiger partial charge in [0.1, 0.15) is 18.5 Å². The van der Waals surface area contributed by atoms with Gasteiger partial charge in [-0.2, -0.15) is 0 Å². The van der Waals surface area contributed by atoms with Crippen LogP contribution >= 0.6 is 11.3 Å². The lowest BCUT2D eigenvalue weighted by Gasteiger charge is -2.07. The van der Waals surface area contributed by atoms with Crippen molar-refractivity contribution in [3.63, 3.8) is 0 Å². The lowest BCUT2D eigenvalue weighted by molar-refractivity contribution is 0.0832. The van der Waals surface area contributed by atoms with E-state index in [0.717, 1.165) is 27.3 Å². The van der Waals surface area contributed by atoms with E-state index in [1.54, 1.807) is 19.0 Å². The van der Waals surface area contributed by atoms with Gasteiger partial charge in [0, 0.05) is 24.2 Å². The van der Waals surface area contributed by atoms with Crippen LogP contribution in [0.3, 0.4) is 0 Å². The van der Waals surface area contributed by atoms with E-state index in [1.165, 1.54) is 11.3 Å². The summed E-state index contributed by atoms with van der Waals surface area (Å²) in [6.45, 7) is 1.36. The van der Waals surface area contributed by atoms with Crippen LogP contribution in [0.25, 0.3) is 10.1 Å². The minimum absolute atomic E-state index is 0.0256. The lowest BCUT2D eigenvalue weighted by atomic mass is 10.2. The second-order valence-corrected chi connectivity index (χ2v) is 5.83. The second-order valence-electron chi connectivity index (χ2n) is 4.74. The van der Waals surface area contributed by atoms with Crippen molar-refractivity contribution in [2.45, 2.75) is 6.10 Å². The third kappa shape index (κ3) is 2.57. The zero-order valence-electron chi connectivity index (χ0n) is 10.9. The van der Waals surface area contributed by atoms with E-state index in [4.69, 9.17) is 9.47 Å². The highest BCUT2D eigenvalue weighted by Gasteiger charge is 2.23. The Hall–Kier alpha value is -1.59. The monoisotopic (exact) mass is 277 g/mol. The number of fused-ring (bicyclic) bond motifs is 1. The number of nitrogens with zero attached hydrogens (tertiary/aromatic N) is 1. The summed E-state index contributed by atoms with van der Waals surface area (Å²) in [5, 5.41) is 0.998. The van der Waals surface area contributed by atoms with Crippen LogP contribution in [0.1, 0.15) is 9.67 Å². The number of rotatable bonds is 4. The Morgan fingerprint density at radius 3 is 3.00 bits per heavy atom. The smallest absolute Gasteiger partial charge is 0.263 e. The molecule has 3 rings (SSSR count). The first-order valence-corrected chi connectivity index (χ1v) is 6.95. The zero-order chi connectivity index (χ0) is 13.4. The molecule has 1 atom stereocenters. The Bertz CT molecular complexity index is 616. The van der Waals surface area contributed by atoms with E-state index < -0.39 is 0 Å². The van der Waals surface area contributed by atoms with E-state index >= 15 is 0 Å². The molecule has 2 heterocycles. The fourth-order valence-corrected chi connectivity index (χ4v) is 2.93. The highest BCUT2D eigenvalue weighted by atomic mass is 32.1. The van der Waals surface area contributed by atoms with Crippen molar-refractivity contribution in [1.29, 1.82) is 0 Å². The van der Waals surface area contributed by atoms with Crippen molar-refractivity contribution in [3.8, 4) is 5.75 Å². The molecule has 1 aromatic carbocycles. The van der Waals surface area contributed by atoms with Crippen LogP contribution in [0.2, 0.25) is 0 Å². The summed E-state index contributed by atoms with van der Waals surface area (Å²) in [5.41, 5.74) is 0. The van der Waals surface area contributed by atoms with Crippen LogP contribution in [-0.2, 0) is 4.74 Å². The first-order chi connectivity index (χ1) is 9.15. The van der Waals surface area contributed by atoms with Crippen molar-refractivity contribution in [2.24, 2.45) is 0 Å². The molecule has 1 fully saturated rings. The second kappa shape index (κ2) is 4.83. The van der Waals surface area contributed by atoms with Gasteiger partial charge in [0.15, 0.2) is 0 Å². The number of epoxide rings is 1. The third-order valence-corrected chi connectivity index (χ3v) is 4.05. The minimum atomic E-state index is 0.0256. The first kappa shape index (κ1) is 12.4. The predicted octanol–water partition coefficient (Wildman–Crippen LogP) is 2.38. The van der Waals surface area contributed by atoms with Gasteiger partial charge in [0.2, 0.25) is 0 Å². The highest BCUT2D eigenvalue weighted by Crippen LogP contribution is 2.33. The van der Waals surface area contributed by atoms with Crippen LogP contribution < -0.4 is 4.74 Å². The van der Waals surface area contributed by atoms with Gasteiger partial charge >= 0.3 is 0 Å². The molecule has 0 N–H and O–H groups in total. The Morgan fingerprint density at radius 1 is 1.53 bits per heavy atom. The predicted molar refractivity (Wildman–Crippen MR) is 75.1 cm³/mol. The molecule has 0 bridgehead atoms. The summed E-state index contributed by atoms with van der Waals surface area (Å²) in [6, 6.07) is 7.80. The highest BCUT2D eigenvalue weighted by molar-refractivity contribution is 7.20. The van der Waals surface area contributed by atoms with Crippen LogP contribution in [0.4, 0.5) is 0 Å². The number of hydrogen-bond acceptors (Lipinski definition) is 4. The number of carbonyl (C=O) groups excluding carboxylic acids is 1. The van der Waals surface area contributed by atoms with Crippen LogP contribution in [0, 0.1) is 0 Å².